The van der Waals surface area contributed by atoms with Gasteiger partial charge in [-0.15, -0.1) is 0 Å². The van der Waals surface area contributed by atoms with E-state index in [0.717, 1.165) is 31.4 Å². The topological polar surface area (TPSA) is 31.6 Å². The predicted octanol–water partition coefficient (Wildman–Crippen LogP) is 1.79. The molecule has 19 heavy (non-hydrogen) atoms. The van der Waals surface area contributed by atoms with Gasteiger partial charge in [0.15, 0.2) is 0 Å². The van der Waals surface area contributed by atoms with Crippen LogP contribution in [0.1, 0.15) is 26.0 Å². The van der Waals surface area contributed by atoms with E-state index < -0.39 is 0 Å². The van der Waals surface area contributed by atoms with Gasteiger partial charge >= 0.3 is 0 Å². The minimum absolute atomic E-state index is 0.735. The van der Waals surface area contributed by atoms with Gasteiger partial charge in [0.25, 0.3) is 0 Å². The third kappa shape index (κ3) is 4.64. The quantitative estimate of drug-likeness (QED) is 0.762. The highest BCUT2D eigenvalue weighted by Gasteiger charge is 2.19. The van der Waals surface area contributed by atoms with Crippen LogP contribution in [0, 0.1) is 0 Å². The second-order valence-electron chi connectivity index (χ2n) is 5.39. The Morgan fingerprint density at radius 1 is 1.32 bits per heavy atom. The molecule has 1 N–H and O–H groups in total. The molecule has 4 nitrogen and oxygen atoms in total. The summed E-state index contributed by atoms with van der Waals surface area (Å²) in [7, 11) is 0. The van der Waals surface area contributed by atoms with Crippen LogP contribution in [-0.4, -0.2) is 55.1 Å². The summed E-state index contributed by atoms with van der Waals surface area (Å²) in [5.41, 5.74) is 0. The summed E-state index contributed by atoms with van der Waals surface area (Å²) >= 11 is 0. The second-order valence-corrected chi connectivity index (χ2v) is 5.39. The standard InChI is InChI=1S/C15H27N3O/c1-3-14(2)18-10-8-17(9-11-18)7-6-16-13-15-5-4-12-19-15/h4-5,12,14,16H,3,6-11,13H2,1-2H3. The smallest absolute Gasteiger partial charge is 0.117 e. The number of nitrogens with one attached hydrogen (secondary N) is 1. The summed E-state index contributed by atoms with van der Waals surface area (Å²) < 4.78 is 5.30. The molecule has 0 bridgehead atoms. The Labute approximate surface area is 116 Å². The van der Waals surface area contributed by atoms with E-state index in [4.69, 9.17) is 4.42 Å². The van der Waals surface area contributed by atoms with E-state index in [2.05, 4.69) is 29.0 Å². The maximum Gasteiger partial charge on any atom is 0.117 e. The lowest BCUT2D eigenvalue weighted by Gasteiger charge is -2.37. The lowest BCUT2D eigenvalue weighted by molar-refractivity contribution is 0.101. The third-order valence-corrected chi connectivity index (χ3v) is 4.11. The van der Waals surface area contributed by atoms with Crippen LogP contribution in [0.3, 0.4) is 0 Å². The summed E-state index contributed by atoms with van der Waals surface area (Å²) in [5, 5.41) is 3.43. The molecule has 4 heteroatoms. The van der Waals surface area contributed by atoms with Gasteiger partial charge in [-0.3, -0.25) is 9.80 Å². The highest BCUT2D eigenvalue weighted by Crippen LogP contribution is 2.08. The Hall–Kier alpha value is -0.840. The van der Waals surface area contributed by atoms with Crippen molar-refractivity contribution in [3.8, 4) is 0 Å². The zero-order chi connectivity index (χ0) is 13.5. The minimum atomic E-state index is 0.735. The lowest BCUT2D eigenvalue weighted by Crippen LogP contribution is -2.50. The van der Waals surface area contributed by atoms with E-state index in [1.807, 2.05) is 12.1 Å². The fourth-order valence-corrected chi connectivity index (χ4v) is 2.55. The molecule has 1 aromatic heterocycles. The molecule has 1 aliphatic rings. The molecular formula is C15H27N3O. The first-order chi connectivity index (χ1) is 9.29. The van der Waals surface area contributed by atoms with Crippen molar-refractivity contribution in [3.05, 3.63) is 24.2 Å². The van der Waals surface area contributed by atoms with Crippen LogP contribution in [-0.2, 0) is 6.54 Å². The summed E-state index contributed by atoms with van der Waals surface area (Å²) in [6.45, 7) is 12.4. The number of hydrogen-bond acceptors (Lipinski definition) is 4. The highest BCUT2D eigenvalue weighted by atomic mass is 16.3. The number of piperazine rings is 1. The molecule has 0 radical (unpaired) electrons. The average Bonchev–Trinajstić information content (AvgIpc) is 2.96. The van der Waals surface area contributed by atoms with Crippen molar-refractivity contribution in [2.75, 3.05) is 39.3 Å². The van der Waals surface area contributed by atoms with Gasteiger partial charge in [-0.05, 0) is 25.5 Å². The van der Waals surface area contributed by atoms with Crippen molar-refractivity contribution in [3.63, 3.8) is 0 Å². The van der Waals surface area contributed by atoms with Gasteiger partial charge in [-0.1, -0.05) is 6.92 Å². The van der Waals surface area contributed by atoms with Gasteiger partial charge in [0.2, 0.25) is 0 Å². The SMILES string of the molecule is CCC(C)N1CCN(CCNCc2ccco2)CC1. The Balaban J connectivity index is 1.56. The Kier molecular flexibility index (Phi) is 5.89. The monoisotopic (exact) mass is 265 g/mol. The van der Waals surface area contributed by atoms with Crippen LogP contribution < -0.4 is 5.32 Å². The van der Waals surface area contributed by atoms with Crippen LogP contribution >= 0.6 is 0 Å². The fraction of sp³-hybridized carbons (Fsp3) is 0.733. The molecule has 1 unspecified atom stereocenters. The largest absolute Gasteiger partial charge is 0.468 e. The number of rotatable bonds is 7. The van der Waals surface area contributed by atoms with Crippen molar-refractivity contribution in [1.82, 2.24) is 15.1 Å². The van der Waals surface area contributed by atoms with Crippen LogP contribution in [0.15, 0.2) is 22.8 Å². The van der Waals surface area contributed by atoms with Crippen LogP contribution in [0.5, 0.6) is 0 Å². The van der Waals surface area contributed by atoms with Crippen molar-refractivity contribution < 1.29 is 4.42 Å². The first-order valence-electron chi connectivity index (χ1n) is 7.49. The van der Waals surface area contributed by atoms with E-state index in [9.17, 15) is 0 Å². The molecule has 0 amide bonds. The minimum Gasteiger partial charge on any atom is -0.468 e. The van der Waals surface area contributed by atoms with Gasteiger partial charge in [-0.2, -0.15) is 0 Å². The Bertz CT molecular complexity index is 331. The summed E-state index contributed by atoms with van der Waals surface area (Å²) in [6, 6.07) is 4.68. The fourth-order valence-electron chi connectivity index (χ4n) is 2.55. The van der Waals surface area contributed by atoms with E-state index in [1.54, 1.807) is 6.26 Å². The molecule has 0 aliphatic carbocycles. The lowest BCUT2D eigenvalue weighted by atomic mass is 10.2. The molecule has 0 saturated carbocycles. The zero-order valence-electron chi connectivity index (χ0n) is 12.3. The average molecular weight is 265 g/mol. The van der Waals surface area contributed by atoms with Crippen molar-refractivity contribution >= 4 is 0 Å². The molecule has 2 rings (SSSR count). The molecule has 0 spiro atoms. The van der Waals surface area contributed by atoms with Crippen LogP contribution in [0.2, 0.25) is 0 Å². The first kappa shape index (κ1) is 14.6. The molecule has 2 heterocycles. The molecule has 1 aromatic rings. The summed E-state index contributed by atoms with van der Waals surface area (Å²) in [4.78, 5) is 5.15. The summed E-state index contributed by atoms with van der Waals surface area (Å²) in [6.07, 6.45) is 2.98. The maximum atomic E-state index is 5.30. The number of hydrogen-bond donors (Lipinski definition) is 1. The Morgan fingerprint density at radius 2 is 2.11 bits per heavy atom. The van der Waals surface area contributed by atoms with Crippen molar-refractivity contribution in [2.24, 2.45) is 0 Å². The van der Waals surface area contributed by atoms with E-state index >= 15 is 0 Å². The molecule has 1 atom stereocenters. The van der Waals surface area contributed by atoms with E-state index in [-0.39, 0.29) is 0 Å². The first-order valence-corrected chi connectivity index (χ1v) is 7.49. The van der Waals surface area contributed by atoms with Gasteiger partial charge in [-0.25, -0.2) is 0 Å². The van der Waals surface area contributed by atoms with Gasteiger partial charge in [0, 0.05) is 45.3 Å². The zero-order valence-corrected chi connectivity index (χ0v) is 12.3. The van der Waals surface area contributed by atoms with Gasteiger partial charge in [0.05, 0.1) is 12.8 Å². The third-order valence-electron chi connectivity index (χ3n) is 4.11. The van der Waals surface area contributed by atoms with Crippen LogP contribution in [0.25, 0.3) is 0 Å². The highest BCUT2D eigenvalue weighted by molar-refractivity contribution is 4.97. The number of nitrogens with zero attached hydrogens (tertiary/aromatic N) is 2. The van der Waals surface area contributed by atoms with Gasteiger partial charge < -0.3 is 9.73 Å². The molecule has 108 valence electrons. The van der Waals surface area contributed by atoms with Crippen molar-refractivity contribution in [1.29, 1.82) is 0 Å². The Morgan fingerprint density at radius 3 is 2.74 bits per heavy atom. The van der Waals surface area contributed by atoms with Crippen molar-refractivity contribution in [2.45, 2.75) is 32.9 Å². The van der Waals surface area contributed by atoms with Gasteiger partial charge in [0.1, 0.15) is 5.76 Å². The summed E-state index contributed by atoms with van der Waals surface area (Å²) in [5.74, 6) is 1.02. The molecular weight excluding hydrogens is 238 g/mol. The maximum absolute atomic E-state index is 5.30. The second kappa shape index (κ2) is 7.68. The molecule has 1 saturated heterocycles. The molecule has 0 aromatic carbocycles. The molecule has 1 aliphatic heterocycles. The van der Waals surface area contributed by atoms with E-state index in [0.29, 0.717) is 0 Å². The normalized spacial score (nSPS) is 19.7. The molecule has 1 fully saturated rings. The predicted molar refractivity (Wildman–Crippen MR) is 78.2 cm³/mol. The van der Waals surface area contributed by atoms with Crippen LogP contribution in [0.4, 0.5) is 0 Å². The van der Waals surface area contributed by atoms with E-state index in [1.165, 1.54) is 32.6 Å². The number of furan rings is 1.